The van der Waals surface area contributed by atoms with E-state index in [1.54, 1.807) is 20.7 Å². The summed E-state index contributed by atoms with van der Waals surface area (Å²) in [5.74, 6) is -0.0938. The van der Waals surface area contributed by atoms with E-state index in [2.05, 4.69) is 17.4 Å². The highest BCUT2D eigenvalue weighted by Crippen LogP contribution is 2.36. The Balaban J connectivity index is 1.66. The van der Waals surface area contributed by atoms with Gasteiger partial charge in [-0.25, -0.2) is 0 Å². The number of amides is 1. The van der Waals surface area contributed by atoms with Crippen molar-refractivity contribution in [2.24, 2.45) is 13.0 Å². The molecule has 0 spiro atoms. The Morgan fingerprint density at radius 3 is 2.81 bits per heavy atom. The van der Waals surface area contributed by atoms with Crippen LogP contribution in [0, 0.1) is 28.7 Å². The van der Waals surface area contributed by atoms with Crippen molar-refractivity contribution in [1.82, 2.24) is 14.7 Å². The average Bonchev–Trinajstić information content (AvgIpc) is 3.38. The minimum absolute atomic E-state index is 0.0551. The fraction of sp³-hybridized carbons (Fsp3) is 0.368. The summed E-state index contributed by atoms with van der Waals surface area (Å²) in [5.41, 5.74) is 4.20. The van der Waals surface area contributed by atoms with Gasteiger partial charge in [0, 0.05) is 49.7 Å². The van der Waals surface area contributed by atoms with E-state index in [4.69, 9.17) is 5.26 Å². The number of aromatic nitrogens is 2. The van der Waals surface area contributed by atoms with Crippen LogP contribution in [0.3, 0.4) is 0 Å². The second kappa shape index (κ2) is 6.20. The van der Waals surface area contributed by atoms with Crippen molar-refractivity contribution >= 4 is 11.6 Å². The fourth-order valence-corrected chi connectivity index (χ4v) is 3.83. The number of hydrogen-bond donors (Lipinski definition) is 0. The topological polar surface area (TPSA) is 89.0 Å². The molecule has 7 nitrogen and oxygen atoms in total. The van der Waals surface area contributed by atoms with Crippen LogP contribution < -0.4 is 4.90 Å². The molecule has 7 heteroatoms. The zero-order chi connectivity index (χ0) is 18.3. The van der Waals surface area contributed by atoms with Gasteiger partial charge in [-0.3, -0.25) is 9.48 Å². The molecule has 0 saturated carbocycles. The molecule has 0 aliphatic carbocycles. The van der Waals surface area contributed by atoms with E-state index in [-0.39, 0.29) is 11.8 Å². The Kier molecular flexibility index (Phi) is 3.85. The summed E-state index contributed by atoms with van der Waals surface area (Å²) in [5, 5.41) is 22.8. The van der Waals surface area contributed by atoms with E-state index in [1.807, 2.05) is 25.4 Å². The summed E-state index contributed by atoms with van der Waals surface area (Å²) in [6.07, 6.45) is 7.22. The van der Waals surface area contributed by atoms with Crippen molar-refractivity contribution in [1.29, 1.82) is 10.5 Å². The van der Waals surface area contributed by atoms with Crippen molar-refractivity contribution < 1.29 is 4.79 Å². The molecule has 0 radical (unpaired) electrons. The first-order valence-electron chi connectivity index (χ1n) is 8.63. The van der Waals surface area contributed by atoms with Gasteiger partial charge < -0.3 is 9.80 Å². The van der Waals surface area contributed by atoms with E-state index in [0.29, 0.717) is 31.6 Å². The number of nitrogens with zero attached hydrogens (tertiary/aromatic N) is 6. The van der Waals surface area contributed by atoms with Gasteiger partial charge in [-0.2, -0.15) is 15.6 Å². The highest BCUT2D eigenvalue weighted by molar-refractivity contribution is 5.98. The van der Waals surface area contributed by atoms with Gasteiger partial charge in [-0.05, 0) is 30.5 Å². The second-order valence-electron chi connectivity index (χ2n) is 6.81. The highest BCUT2D eigenvalue weighted by atomic mass is 16.2. The van der Waals surface area contributed by atoms with Crippen molar-refractivity contribution in [2.75, 3.05) is 24.5 Å². The van der Waals surface area contributed by atoms with Gasteiger partial charge in [0.15, 0.2) is 6.19 Å². The van der Waals surface area contributed by atoms with Crippen LogP contribution in [0.1, 0.15) is 17.5 Å². The molecule has 1 amide bonds. The van der Waals surface area contributed by atoms with Crippen LogP contribution in [0.5, 0.6) is 0 Å². The molecule has 2 aliphatic heterocycles. The van der Waals surface area contributed by atoms with Gasteiger partial charge in [-0.15, -0.1) is 0 Å². The van der Waals surface area contributed by atoms with Gasteiger partial charge in [0.25, 0.3) is 0 Å². The number of carbonyl (C=O) groups is 1. The summed E-state index contributed by atoms with van der Waals surface area (Å²) in [6, 6.07) is 6.08. The predicted molar refractivity (Wildman–Crippen MR) is 94.7 cm³/mol. The second-order valence-corrected chi connectivity index (χ2v) is 6.81. The van der Waals surface area contributed by atoms with Crippen molar-refractivity contribution in [3.05, 3.63) is 35.7 Å². The van der Waals surface area contributed by atoms with Crippen molar-refractivity contribution in [3.8, 4) is 23.4 Å². The first kappa shape index (κ1) is 16.2. The van der Waals surface area contributed by atoms with Gasteiger partial charge in [0.1, 0.15) is 0 Å². The molecule has 4 rings (SSSR count). The lowest BCUT2D eigenvalue weighted by Gasteiger charge is -2.21. The Bertz CT molecular complexity index is 963. The fourth-order valence-electron chi connectivity index (χ4n) is 3.83. The quantitative estimate of drug-likeness (QED) is 0.772. The molecule has 1 fully saturated rings. The van der Waals surface area contributed by atoms with Crippen LogP contribution >= 0.6 is 0 Å². The molecule has 2 aromatic rings. The number of anilines is 1. The van der Waals surface area contributed by atoms with Crippen LogP contribution in [-0.2, 0) is 18.3 Å². The van der Waals surface area contributed by atoms with Gasteiger partial charge in [-0.1, -0.05) is 0 Å². The largest absolute Gasteiger partial charge is 0.311 e. The molecule has 1 aromatic carbocycles. The Morgan fingerprint density at radius 2 is 2.15 bits per heavy atom. The lowest BCUT2D eigenvalue weighted by molar-refractivity contribution is -0.121. The Hall–Kier alpha value is -3.32. The van der Waals surface area contributed by atoms with Gasteiger partial charge in [0.2, 0.25) is 5.91 Å². The number of carbonyl (C=O) groups excluding carboxylic acids is 1. The average molecular weight is 346 g/mol. The molecule has 3 heterocycles. The van der Waals surface area contributed by atoms with E-state index < -0.39 is 0 Å². The normalized spacial score (nSPS) is 18.5. The molecule has 0 unspecified atom stereocenters. The minimum Gasteiger partial charge on any atom is -0.311 e. The zero-order valence-corrected chi connectivity index (χ0v) is 14.5. The number of likely N-dealkylation sites (tertiary alicyclic amines) is 1. The van der Waals surface area contributed by atoms with E-state index in [9.17, 15) is 10.1 Å². The van der Waals surface area contributed by atoms with Crippen molar-refractivity contribution in [2.45, 2.75) is 12.8 Å². The molecule has 2 aliphatic rings. The number of hydrogen-bond acceptors (Lipinski definition) is 5. The molecule has 130 valence electrons. The SMILES string of the molecule is Cn1cc(-c2cc3c(cc2C#N)N(C(=O)[C@H]2CCN(C#N)C2)CC3)cn1. The summed E-state index contributed by atoms with van der Waals surface area (Å²) >= 11 is 0. The summed E-state index contributed by atoms with van der Waals surface area (Å²) in [6.45, 7) is 1.75. The predicted octanol–water partition coefficient (Wildman–Crippen LogP) is 1.65. The molecular weight excluding hydrogens is 328 g/mol. The standard InChI is InChI=1S/C19H18N6O/c1-23-10-16(9-22-23)17-6-13-3-5-25(18(13)7-15(17)8-20)19(26)14-2-4-24(11-14)12-21/h6-7,9-10,14H,2-5,11H2,1H3/t14-/m0/s1. The van der Waals surface area contributed by atoms with E-state index in [1.165, 1.54) is 0 Å². The molecule has 0 N–H and O–H groups in total. The molecule has 26 heavy (non-hydrogen) atoms. The Morgan fingerprint density at radius 1 is 1.31 bits per heavy atom. The van der Waals surface area contributed by atoms with Crippen LogP contribution in [0.25, 0.3) is 11.1 Å². The van der Waals surface area contributed by atoms with Crippen LogP contribution in [0.2, 0.25) is 0 Å². The number of benzene rings is 1. The third-order valence-electron chi connectivity index (χ3n) is 5.20. The number of nitriles is 2. The Labute approximate surface area is 151 Å². The zero-order valence-electron chi connectivity index (χ0n) is 14.5. The smallest absolute Gasteiger partial charge is 0.231 e. The summed E-state index contributed by atoms with van der Waals surface area (Å²) < 4.78 is 1.71. The van der Waals surface area contributed by atoms with Crippen LogP contribution in [0.15, 0.2) is 24.5 Å². The summed E-state index contributed by atoms with van der Waals surface area (Å²) in [4.78, 5) is 16.3. The molecular formula is C19H18N6O. The van der Waals surface area contributed by atoms with E-state index in [0.717, 1.165) is 28.8 Å². The number of fused-ring (bicyclic) bond motifs is 1. The molecule has 0 bridgehead atoms. The molecule has 1 aromatic heterocycles. The maximum absolute atomic E-state index is 12.9. The first-order chi connectivity index (χ1) is 12.6. The molecule has 1 atom stereocenters. The van der Waals surface area contributed by atoms with Gasteiger partial charge >= 0.3 is 0 Å². The van der Waals surface area contributed by atoms with E-state index >= 15 is 0 Å². The van der Waals surface area contributed by atoms with Gasteiger partial charge in [0.05, 0.1) is 23.7 Å². The third-order valence-corrected chi connectivity index (χ3v) is 5.20. The summed E-state index contributed by atoms with van der Waals surface area (Å²) in [7, 11) is 1.84. The monoisotopic (exact) mass is 346 g/mol. The number of rotatable bonds is 2. The van der Waals surface area contributed by atoms with Crippen LogP contribution in [-0.4, -0.2) is 40.2 Å². The van der Waals surface area contributed by atoms with Crippen LogP contribution in [0.4, 0.5) is 5.69 Å². The molecule has 1 saturated heterocycles. The van der Waals surface area contributed by atoms with Crippen molar-refractivity contribution in [3.63, 3.8) is 0 Å². The minimum atomic E-state index is -0.149. The highest BCUT2D eigenvalue weighted by Gasteiger charge is 2.35. The number of aryl methyl sites for hydroxylation is 1. The maximum Gasteiger partial charge on any atom is 0.231 e. The third kappa shape index (κ3) is 2.58. The first-order valence-corrected chi connectivity index (χ1v) is 8.63. The lowest BCUT2D eigenvalue weighted by Crippen LogP contribution is -2.36. The lowest BCUT2D eigenvalue weighted by atomic mass is 9.98. The maximum atomic E-state index is 12.9.